The largest absolute Gasteiger partial charge is 0.303 e. The van der Waals surface area contributed by atoms with Gasteiger partial charge in [-0.25, -0.2) is 0 Å². The summed E-state index contributed by atoms with van der Waals surface area (Å²) in [6.07, 6.45) is 48.4. The summed E-state index contributed by atoms with van der Waals surface area (Å²) in [5, 5.41) is 0. The molecule has 0 heterocycles. The molecule has 1 radical (unpaired) electrons. The minimum absolute atomic E-state index is 0.0585. The number of hydrogen-bond acceptors (Lipinski definition) is 1. The summed E-state index contributed by atoms with van der Waals surface area (Å²) in [6.45, 7) is 13.7. The molecule has 0 unspecified atom stereocenters. The van der Waals surface area contributed by atoms with Crippen LogP contribution in [0.1, 0.15) is 226 Å². The van der Waals surface area contributed by atoms with E-state index in [1.807, 2.05) is 0 Å². The average molecular weight is 621 g/mol. The molecule has 0 aromatic heterocycles. The summed E-state index contributed by atoms with van der Waals surface area (Å²) >= 11 is 0. The molecular weight excluding hydrogens is 535 g/mol. The fourth-order valence-corrected chi connectivity index (χ4v) is 7.62. The van der Waals surface area contributed by atoms with E-state index >= 15 is 0 Å². The zero-order valence-electron chi connectivity index (χ0n) is 31.1. The van der Waals surface area contributed by atoms with Crippen LogP contribution in [0.2, 0.25) is 19.1 Å². The Morgan fingerprint density at radius 2 is 0.488 bits per heavy atom. The highest BCUT2D eigenvalue weighted by Crippen LogP contribution is 2.16. The molecule has 0 saturated carbocycles. The molecule has 0 bridgehead atoms. The summed E-state index contributed by atoms with van der Waals surface area (Å²) in [5.74, 6) is 0. The van der Waals surface area contributed by atoms with Gasteiger partial charge in [-0.2, -0.15) is 0 Å². The lowest BCUT2D eigenvalue weighted by atomic mass is 10.0. The molecule has 0 atom stereocenters. The molecule has 0 N–H and O–H groups in total. The quantitative estimate of drug-likeness (QED) is 0.0490. The van der Waals surface area contributed by atoms with Crippen molar-refractivity contribution in [3.8, 4) is 0 Å². The molecule has 0 rings (SSSR count). The van der Waals surface area contributed by atoms with E-state index in [1.165, 1.54) is 238 Å². The Hall–Kier alpha value is 0.177. The fourth-order valence-electron chi connectivity index (χ4n) is 6.76. The summed E-state index contributed by atoms with van der Waals surface area (Å²) in [7, 11) is -0.0585. The SMILES string of the molecule is CCCCCCCCCCCCCCCCCCN(CCCCCCCCCCCCCCCCCC)CCC[Si](C)C. The lowest BCUT2D eigenvalue weighted by molar-refractivity contribution is 0.260. The van der Waals surface area contributed by atoms with Crippen LogP contribution in [-0.2, 0) is 0 Å². The Morgan fingerprint density at radius 1 is 0.279 bits per heavy atom. The molecule has 43 heavy (non-hydrogen) atoms. The topological polar surface area (TPSA) is 3.24 Å². The summed E-state index contributed by atoms with van der Waals surface area (Å²) in [4.78, 5) is 2.85. The van der Waals surface area contributed by atoms with E-state index in [4.69, 9.17) is 0 Å². The van der Waals surface area contributed by atoms with Gasteiger partial charge in [0.1, 0.15) is 0 Å². The first-order chi connectivity index (χ1) is 21.2. The number of hydrogen-bond donors (Lipinski definition) is 0. The second kappa shape index (κ2) is 38.4. The van der Waals surface area contributed by atoms with Crippen molar-refractivity contribution in [2.45, 2.75) is 245 Å². The highest BCUT2D eigenvalue weighted by molar-refractivity contribution is 6.55. The molecule has 1 nitrogen and oxygen atoms in total. The van der Waals surface area contributed by atoms with Gasteiger partial charge in [-0.05, 0) is 38.9 Å². The molecule has 0 aromatic carbocycles. The molecular formula is C41H86NSi. The molecule has 0 fully saturated rings. The van der Waals surface area contributed by atoms with Crippen molar-refractivity contribution in [1.82, 2.24) is 4.90 Å². The monoisotopic (exact) mass is 621 g/mol. The molecule has 0 amide bonds. The van der Waals surface area contributed by atoms with Crippen LogP contribution in [0.15, 0.2) is 0 Å². The van der Waals surface area contributed by atoms with Gasteiger partial charge in [0.25, 0.3) is 0 Å². The van der Waals surface area contributed by atoms with E-state index in [1.54, 1.807) is 0 Å². The average Bonchev–Trinajstić information content (AvgIpc) is 3.00. The van der Waals surface area contributed by atoms with E-state index in [-0.39, 0.29) is 8.80 Å². The van der Waals surface area contributed by atoms with Gasteiger partial charge in [0.2, 0.25) is 0 Å². The Balaban J connectivity index is 3.61. The summed E-state index contributed by atoms with van der Waals surface area (Å²) < 4.78 is 0. The van der Waals surface area contributed by atoms with Crippen molar-refractivity contribution in [2.75, 3.05) is 19.6 Å². The van der Waals surface area contributed by atoms with Crippen LogP contribution < -0.4 is 0 Å². The lowest BCUT2D eigenvalue weighted by Crippen LogP contribution is -2.27. The zero-order valence-corrected chi connectivity index (χ0v) is 32.1. The second-order valence-electron chi connectivity index (χ2n) is 14.8. The fraction of sp³-hybridized carbons (Fsp3) is 1.00. The third kappa shape index (κ3) is 38.3. The zero-order chi connectivity index (χ0) is 31.3. The molecule has 0 aromatic rings. The highest BCUT2D eigenvalue weighted by atomic mass is 28.3. The minimum atomic E-state index is -0.0585. The maximum Gasteiger partial charge on any atom is 0.0413 e. The normalized spacial score (nSPS) is 11.9. The van der Waals surface area contributed by atoms with E-state index in [9.17, 15) is 0 Å². The maximum atomic E-state index is 2.85. The van der Waals surface area contributed by atoms with Crippen LogP contribution in [0.4, 0.5) is 0 Å². The predicted molar refractivity (Wildman–Crippen MR) is 202 cm³/mol. The van der Waals surface area contributed by atoms with Crippen LogP contribution in [-0.4, -0.2) is 33.3 Å². The number of unbranched alkanes of at least 4 members (excludes halogenated alkanes) is 30. The summed E-state index contributed by atoms with van der Waals surface area (Å²) in [5.41, 5.74) is 0. The van der Waals surface area contributed by atoms with Crippen molar-refractivity contribution >= 4 is 8.80 Å². The Bertz CT molecular complexity index is 442. The molecule has 0 aliphatic heterocycles. The lowest BCUT2D eigenvalue weighted by Gasteiger charge is -2.22. The molecule has 259 valence electrons. The Labute approximate surface area is 277 Å². The van der Waals surface area contributed by atoms with Crippen LogP contribution >= 0.6 is 0 Å². The van der Waals surface area contributed by atoms with E-state index in [2.05, 4.69) is 31.8 Å². The van der Waals surface area contributed by atoms with Gasteiger partial charge >= 0.3 is 0 Å². The van der Waals surface area contributed by atoms with E-state index in [0.29, 0.717) is 0 Å². The van der Waals surface area contributed by atoms with Crippen molar-refractivity contribution in [2.24, 2.45) is 0 Å². The van der Waals surface area contributed by atoms with Gasteiger partial charge in [0.05, 0.1) is 0 Å². The van der Waals surface area contributed by atoms with Gasteiger partial charge in [0, 0.05) is 8.80 Å². The van der Waals surface area contributed by atoms with E-state index < -0.39 is 0 Å². The van der Waals surface area contributed by atoms with Crippen LogP contribution in [0.3, 0.4) is 0 Å². The number of rotatable bonds is 38. The first kappa shape index (κ1) is 43.2. The van der Waals surface area contributed by atoms with Crippen molar-refractivity contribution in [3.05, 3.63) is 0 Å². The van der Waals surface area contributed by atoms with E-state index in [0.717, 1.165) is 0 Å². The van der Waals surface area contributed by atoms with Crippen LogP contribution in [0.25, 0.3) is 0 Å². The molecule has 0 saturated heterocycles. The first-order valence-corrected chi connectivity index (χ1v) is 23.4. The van der Waals surface area contributed by atoms with Crippen LogP contribution in [0, 0.1) is 0 Å². The molecule has 0 spiro atoms. The van der Waals surface area contributed by atoms with Gasteiger partial charge in [-0.3, -0.25) is 0 Å². The standard InChI is InChI=1S/C41H86NSi/c1-5-7-9-11-13-15-17-19-21-23-25-27-29-31-33-35-38-42(40-37-41-43(3)4)39-36-34-32-30-28-26-24-22-20-18-16-14-12-10-8-6-2/h5-41H2,1-4H3. The van der Waals surface area contributed by atoms with Crippen molar-refractivity contribution in [1.29, 1.82) is 0 Å². The van der Waals surface area contributed by atoms with Gasteiger partial charge < -0.3 is 4.90 Å². The Morgan fingerprint density at radius 3 is 0.721 bits per heavy atom. The second-order valence-corrected chi connectivity index (χ2v) is 17.7. The maximum absolute atomic E-state index is 2.85. The molecule has 2 heteroatoms. The number of nitrogens with zero attached hydrogens (tertiary/aromatic N) is 1. The third-order valence-electron chi connectivity index (χ3n) is 9.81. The molecule has 0 aliphatic rings. The first-order valence-electron chi connectivity index (χ1n) is 20.7. The van der Waals surface area contributed by atoms with Gasteiger partial charge in [-0.1, -0.05) is 226 Å². The van der Waals surface area contributed by atoms with Crippen molar-refractivity contribution < 1.29 is 0 Å². The van der Waals surface area contributed by atoms with Gasteiger partial charge in [0.15, 0.2) is 0 Å². The molecule has 0 aliphatic carbocycles. The Kier molecular flexibility index (Phi) is 38.5. The highest BCUT2D eigenvalue weighted by Gasteiger charge is 2.06. The smallest absolute Gasteiger partial charge is 0.0413 e. The predicted octanol–water partition coefficient (Wildman–Crippen LogP) is 15.0. The minimum Gasteiger partial charge on any atom is -0.303 e. The summed E-state index contributed by atoms with van der Waals surface area (Å²) in [6, 6.07) is 1.50. The van der Waals surface area contributed by atoms with Crippen molar-refractivity contribution in [3.63, 3.8) is 0 Å². The van der Waals surface area contributed by atoms with Crippen LogP contribution in [0.5, 0.6) is 0 Å². The van der Waals surface area contributed by atoms with Gasteiger partial charge in [-0.15, -0.1) is 0 Å². The third-order valence-corrected chi connectivity index (χ3v) is 11.2.